The Morgan fingerprint density at radius 2 is 1.68 bits per heavy atom. The van der Waals surface area contributed by atoms with E-state index in [4.69, 9.17) is 4.74 Å². The average Bonchev–Trinajstić information content (AvgIpc) is 3.13. The predicted molar refractivity (Wildman–Crippen MR) is 109 cm³/mol. The van der Waals surface area contributed by atoms with Gasteiger partial charge in [0.1, 0.15) is 0 Å². The highest BCUT2D eigenvalue weighted by Crippen LogP contribution is 2.23. The summed E-state index contributed by atoms with van der Waals surface area (Å²) in [6.45, 7) is 6.23. The fourth-order valence-corrected chi connectivity index (χ4v) is 3.33. The minimum atomic E-state index is -0.140. The van der Waals surface area contributed by atoms with Gasteiger partial charge in [-0.2, -0.15) is 0 Å². The Morgan fingerprint density at radius 1 is 1.07 bits per heavy atom. The molecule has 0 saturated carbocycles. The lowest BCUT2D eigenvalue weighted by Gasteiger charge is -2.26. The number of hydrogen-bond acceptors (Lipinski definition) is 3. The molecule has 0 radical (unpaired) electrons. The number of methoxy groups -OCH3 is 1. The monoisotopic (exact) mass is 381 g/mol. The molecule has 3 amide bonds. The lowest BCUT2D eigenvalue weighted by atomic mass is 10.1. The smallest absolute Gasteiger partial charge is 0.322 e. The van der Waals surface area contributed by atoms with Gasteiger partial charge in [-0.3, -0.25) is 4.79 Å². The molecule has 6 nitrogen and oxygen atoms in total. The molecule has 0 bridgehead atoms. The van der Waals surface area contributed by atoms with Crippen LogP contribution in [0.15, 0.2) is 48.5 Å². The van der Waals surface area contributed by atoms with Crippen molar-refractivity contribution in [1.82, 2.24) is 9.80 Å². The number of benzene rings is 2. The number of urea groups is 1. The highest BCUT2D eigenvalue weighted by Gasteiger charge is 2.23. The van der Waals surface area contributed by atoms with Crippen LogP contribution < -0.4 is 5.32 Å². The van der Waals surface area contributed by atoms with Gasteiger partial charge >= 0.3 is 6.03 Å². The second kappa shape index (κ2) is 8.89. The van der Waals surface area contributed by atoms with Crippen molar-refractivity contribution in [3.05, 3.63) is 65.2 Å². The summed E-state index contributed by atoms with van der Waals surface area (Å²) in [6, 6.07) is 15.1. The SMILES string of the molecule is COCCN(C(=O)c1ccc(NC(=O)N2Cc3ccccc3C2)cc1)C(C)C. The van der Waals surface area contributed by atoms with Gasteiger partial charge in [0, 0.05) is 44.0 Å². The standard InChI is InChI=1S/C22H27N3O3/c1-16(2)25(12-13-28-3)21(26)17-8-10-20(11-9-17)23-22(27)24-14-18-6-4-5-7-19(18)15-24/h4-11,16H,12-15H2,1-3H3,(H,23,27). The maximum atomic E-state index is 12.7. The van der Waals surface area contributed by atoms with Crippen LogP contribution in [0.4, 0.5) is 10.5 Å². The average molecular weight is 381 g/mol. The van der Waals surface area contributed by atoms with E-state index >= 15 is 0 Å². The molecule has 6 heteroatoms. The molecule has 0 unspecified atom stereocenters. The van der Waals surface area contributed by atoms with Crippen LogP contribution >= 0.6 is 0 Å². The summed E-state index contributed by atoms with van der Waals surface area (Å²) in [4.78, 5) is 28.8. The minimum absolute atomic E-state index is 0.0417. The number of amides is 3. The molecule has 1 aliphatic heterocycles. The van der Waals surface area contributed by atoms with E-state index in [0.29, 0.717) is 37.5 Å². The number of fused-ring (bicyclic) bond motifs is 1. The van der Waals surface area contributed by atoms with Crippen molar-refractivity contribution in [2.24, 2.45) is 0 Å². The van der Waals surface area contributed by atoms with Gasteiger partial charge in [-0.1, -0.05) is 24.3 Å². The van der Waals surface area contributed by atoms with Gasteiger partial charge in [-0.05, 0) is 49.2 Å². The van der Waals surface area contributed by atoms with Crippen molar-refractivity contribution in [2.45, 2.75) is 33.0 Å². The molecule has 0 spiro atoms. The summed E-state index contributed by atoms with van der Waals surface area (Å²) in [5.74, 6) is -0.0417. The first-order valence-corrected chi connectivity index (χ1v) is 9.52. The van der Waals surface area contributed by atoms with Gasteiger partial charge < -0.3 is 19.9 Å². The molecule has 0 atom stereocenters. The van der Waals surface area contributed by atoms with E-state index in [9.17, 15) is 9.59 Å². The molecular weight excluding hydrogens is 354 g/mol. The topological polar surface area (TPSA) is 61.9 Å². The molecule has 28 heavy (non-hydrogen) atoms. The van der Waals surface area contributed by atoms with Gasteiger partial charge in [-0.15, -0.1) is 0 Å². The molecule has 0 aromatic heterocycles. The maximum Gasteiger partial charge on any atom is 0.322 e. The summed E-state index contributed by atoms with van der Waals surface area (Å²) >= 11 is 0. The van der Waals surface area contributed by atoms with Crippen LogP contribution in [0.1, 0.15) is 35.3 Å². The second-order valence-electron chi connectivity index (χ2n) is 7.22. The van der Waals surface area contributed by atoms with E-state index in [0.717, 1.165) is 0 Å². The van der Waals surface area contributed by atoms with Crippen molar-refractivity contribution < 1.29 is 14.3 Å². The van der Waals surface area contributed by atoms with Gasteiger partial charge in [-0.25, -0.2) is 4.79 Å². The van der Waals surface area contributed by atoms with E-state index < -0.39 is 0 Å². The number of rotatable bonds is 6. The molecule has 1 aliphatic rings. The third-order valence-electron chi connectivity index (χ3n) is 4.93. The van der Waals surface area contributed by atoms with E-state index in [1.165, 1.54) is 11.1 Å². The first kappa shape index (κ1) is 19.9. The Labute approximate surface area is 166 Å². The van der Waals surface area contributed by atoms with E-state index in [1.807, 2.05) is 38.1 Å². The zero-order chi connectivity index (χ0) is 20.1. The molecule has 2 aromatic rings. The van der Waals surface area contributed by atoms with Crippen molar-refractivity contribution in [3.63, 3.8) is 0 Å². The Kier molecular flexibility index (Phi) is 6.31. The van der Waals surface area contributed by atoms with E-state index in [1.54, 1.807) is 41.2 Å². The quantitative estimate of drug-likeness (QED) is 0.829. The molecule has 0 aliphatic carbocycles. The highest BCUT2D eigenvalue weighted by molar-refractivity contribution is 5.95. The van der Waals surface area contributed by atoms with Crippen LogP contribution in [-0.2, 0) is 17.8 Å². The molecule has 0 saturated heterocycles. The van der Waals surface area contributed by atoms with Gasteiger partial charge in [0.25, 0.3) is 5.91 Å². The fourth-order valence-electron chi connectivity index (χ4n) is 3.33. The number of nitrogens with one attached hydrogen (secondary N) is 1. The molecule has 3 rings (SSSR count). The minimum Gasteiger partial charge on any atom is -0.383 e. The van der Waals surface area contributed by atoms with Crippen molar-refractivity contribution in [3.8, 4) is 0 Å². The summed E-state index contributed by atoms with van der Waals surface area (Å²) < 4.78 is 5.10. The lowest BCUT2D eigenvalue weighted by molar-refractivity contribution is 0.0635. The number of carbonyl (C=O) groups excluding carboxylic acids is 2. The third kappa shape index (κ3) is 4.51. The van der Waals surface area contributed by atoms with Gasteiger partial charge in [0.05, 0.1) is 6.61 Å². The molecule has 0 fully saturated rings. The fraction of sp³-hybridized carbons (Fsp3) is 0.364. The van der Waals surface area contributed by atoms with Crippen LogP contribution in [0.5, 0.6) is 0 Å². The van der Waals surface area contributed by atoms with Crippen molar-refractivity contribution in [2.75, 3.05) is 25.6 Å². The third-order valence-corrected chi connectivity index (χ3v) is 4.93. The lowest BCUT2D eigenvalue weighted by Crippen LogP contribution is -2.39. The molecule has 1 N–H and O–H groups in total. The van der Waals surface area contributed by atoms with Crippen LogP contribution in [-0.4, -0.2) is 48.0 Å². The van der Waals surface area contributed by atoms with E-state index in [-0.39, 0.29) is 18.0 Å². The van der Waals surface area contributed by atoms with Crippen LogP contribution in [0, 0.1) is 0 Å². The largest absolute Gasteiger partial charge is 0.383 e. The number of anilines is 1. The second-order valence-corrected chi connectivity index (χ2v) is 7.22. The summed E-state index contributed by atoms with van der Waals surface area (Å²) in [5.41, 5.74) is 3.63. The molecule has 2 aromatic carbocycles. The molecular formula is C22H27N3O3. The zero-order valence-corrected chi connectivity index (χ0v) is 16.6. The zero-order valence-electron chi connectivity index (χ0n) is 16.6. The Bertz CT molecular complexity index is 808. The van der Waals surface area contributed by atoms with Crippen LogP contribution in [0.3, 0.4) is 0 Å². The van der Waals surface area contributed by atoms with Crippen molar-refractivity contribution >= 4 is 17.6 Å². The van der Waals surface area contributed by atoms with Crippen molar-refractivity contribution in [1.29, 1.82) is 0 Å². The van der Waals surface area contributed by atoms with Gasteiger partial charge in [0.2, 0.25) is 0 Å². The first-order valence-electron chi connectivity index (χ1n) is 9.52. The number of ether oxygens (including phenoxy) is 1. The predicted octanol–water partition coefficient (Wildman–Crippen LogP) is 3.73. The van der Waals surface area contributed by atoms with Gasteiger partial charge in [0.15, 0.2) is 0 Å². The Morgan fingerprint density at radius 3 is 2.21 bits per heavy atom. The molecule has 1 heterocycles. The normalized spacial score (nSPS) is 12.8. The first-order chi connectivity index (χ1) is 13.5. The number of carbonyl (C=O) groups is 2. The number of nitrogens with zero attached hydrogens (tertiary/aromatic N) is 2. The summed E-state index contributed by atoms with van der Waals surface area (Å²) in [5, 5.41) is 2.91. The Hall–Kier alpha value is -2.86. The van der Waals surface area contributed by atoms with Crippen LogP contribution in [0.25, 0.3) is 0 Å². The highest BCUT2D eigenvalue weighted by atomic mass is 16.5. The summed E-state index contributed by atoms with van der Waals surface area (Å²) in [6.07, 6.45) is 0. The number of hydrogen-bond donors (Lipinski definition) is 1. The van der Waals surface area contributed by atoms with E-state index in [2.05, 4.69) is 5.32 Å². The summed E-state index contributed by atoms with van der Waals surface area (Å²) in [7, 11) is 1.62. The molecule has 148 valence electrons. The maximum absolute atomic E-state index is 12.7. The Balaban J connectivity index is 1.61. The van der Waals surface area contributed by atoms with Crippen LogP contribution in [0.2, 0.25) is 0 Å².